The van der Waals surface area contributed by atoms with Crippen LogP contribution in [0.1, 0.15) is 86.3 Å². The maximum absolute atomic E-state index is 17.7. The molecule has 2 saturated heterocycles. The average molecular weight is 822 g/mol. The van der Waals surface area contributed by atoms with Gasteiger partial charge in [-0.1, -0.05) is 74.3 Å². The molecule has 0 saturated carbocycles. The van der Waals surface area contributed by atoms with Crippen molar-refractivity contribution >= 4 is 35.6 Å². The topological polar surface area (TPSA) is 92.5 Å². The van der Waals surface area contributed by atoms with E-state index in [-0.39, 0.29) is 90.5 Å². The zero-order valence-corrected chi connectivity index (χ0v) is 35.8. The zero-order chi connectivity index (χ0) is 42.5. The lowest BCUT2D eigenvalue weighted by Crippen LogP contribution is -2.65. The maximum atomic E-state index is 17.7. The first-order chi connectivity index (χ1) is 27.2. The second-order valence-electron chi connectivity index (χ2n) is 17.6. The summed E-state index contributed by atoms with van der Waals surface area (Å²) in [6.07, 6.45) is -3.01. The largest absolute Gasteiger partial charge is 0.468 e. The first-order valence-corrected chi connectivity index (χ1v) is 22.0. The molecule has 2 fully saturated rings. The number of nitrogens with zero attached hydrogens (tertiary/aromatic N) is 4. The van der Waals surface area contributed by atoms with E-state index in [0.29, 0.717) is 18.5 Å². The van der Waals surface area contributed by atoms with Crippen molar-refractivity contribution in [1.29, 1.82) is 5.26 Å². The van der Waals surface area contributed by atoms with Gasteiger partial charge in [-0.15, -0.1) is 5.54 Å². The molecular weight excluding hydrogens is 770 g/mol. The van der Waals surface area contributed by atoms with Gasteiger partial charge in [-0.05, 0) is 70.1 Å². The quantitative estimate of drug-likeness (QED) is 0.0732. The van der Waals surface area contributed by atoms with Gasteiger partial charge in [-0.3, -0.25) is 0 Å². The van der Waals surface area contributed by atoms with Crippen LogP contribution in [-0.2, 0) is 4.74 Å². The van der Waals surface area contributed by atoms with Gasteiger partial charge in [-0.25, -0.2) is 8.78 Å². The third kappa shape index (κ3) is 7.83. The van der Waals surface area contributed by atoms with E-state index in [1.54, 1.807) is 6.07 Å². The number of aromatic nitrogens is 2. The number of anilines is 1. The Hall–Kier alpha value is -4.50. The van der Waals surface area contributed by atoms with Crippen molar-refractivity contribution in [2.45, 2.75) is 110 Å². The monoisotopic (exact) mass is 821 g/mol. The van der Waals surface area contributed by atoms with Gasteiger partial charge >= 0.3 is 12.2 Å². The van der Waals surface area contributed by atoms with E-state index in [9.17, 15) is 18.4 Å². The molecule has 6 rings (SSSR count). The van der Waals surface area contributed by atoms with Crippen molar-refractivity contribution in [2.24, 2.45) is 5.41 Å². The number of rotatable bonds is 10. The van der Waals surface area contributed by atoms with Gasteiger partial charge in [0, 0.05) is 48.1 Å². The van der Waals surface area contributed by atoms with Gasteiger partial charge in [0.1, 0.15) is 31.0 Å². The summed E-state index contributed by atoms with van der Waals surface area (Å²) in [4.78, 5) is 10.6. The Bertz CT molecular complexity index is 2300. The van der Waals surface area contributed by atoms with Crippen LogP contribution < -0.4 is 19.7 Å². The minimum atomic E-state index is -4.72. The van der Waals surface area contributed by atoms with Gasteiger partial charge in [0.2, 0.25) is 0 Å². The average Bonchev–Trinajstić information content (AvgIpc) is 3.47. The van der Waals surface area contributed by atoms with E-state index >= 15 is 8.78 Å². The zero-order valence-electron chi connectivity index (χ0n) is 34.8. The highest BCUT2D eigenvalue weighted by molar-refractivity contribution is 6.90. The summed E-state index contributed by atoms with van der Waals surface area (Å²) in [5.74, 6) is 1.99. The van der Waals surface area contributed by atoms with Crippen molar-refractivity contribution in [2.75, 3.05) is 38.5 Å². The highest BCUT2D eigenvalue weighted by atomic mass is 28.3. The second kappa shape index (κ2) is 15.9. The van der Waals surface area contributed by atoms with E-state index < -0.39 is 38.5 Å². The van der Waals surface area contributed by atoms with Crippen LogP contribution in [0.3, 0.4) is 0 Å². The minimum Gasteiger partial charge on any atom is -0.468 e. The summed E-state index contributed by atoms with van der Waals surface area (Å²) < 4.78 is 90.6. The highest BCUT2D eigenvalue weighted by Crippen LogP contribution is 2.47. The Morgan fingerprint density at radius 1 is 1.00 bits per heavy atom. The number of methoxy groups -OCH3 is 1. The molecule has 0 aliphatic carbocycles. The van der Waals surface area contributed by atoms with Crippen LogP contribution in [0.2, 0.25) is 16.6 Å². The molecule has 2 aliphatic rings. The van der Waals surface area contributed by atoms with Crippen LogP contribution >= 0.6 is 0 Å². The van der Waals surface area contributed by atoms with Gasteiger partial charge < -0.3 is 24.4 Å². The summed E-state index contributed by atoms with van der Waals surface area (Å²) in [5, 5.41) is 15.3. The van der Waals surface area contributed by atoms with Crippen LogP contribution in [0.5, 0.6) is 11.8 Å². The number of nitrogens with one attached hydrogen (secondary N) is 1. The van der Waals surface area contributed by atoms with Crippen molar-refractivity contribution in [1.82, 2.24) is 15.3 Å². The first kappa shape index (κ1) is 43.1. The molecule has 1 N–H and O–H groups in total. The van der Waals surface area contributed by atoms with Gasteiger partial charge in [0.15, 0.2) is 19.2 Å². The smallest absolute Gasteiger partial charge is 0.422 e. The molecule has 2 bridgehead atoms. The molecule has 2 aliphatic heterocycles. The number of nitriles is 1. The highest BCUT2D eigenvalue weighted by Gasteiger charge is 2.52. The van der Waals surface area contributed by atoms with Crippen molar-refractivity contribution < 1.29 is 36.2 Å². The van der Waals surface area contributed by atoms with Gasteiger partial charge in [0.05, 0.1) is 17.2 Å². The number of hydrogen-bond acceptors (Lipinski definition) is 8. The number of piperazine rings is 1. The molecule has 2 atom stereocenters. The molecule has 0 amide bonds. The van der Waals surface area contributed by atoms with Crippen molar-refractivity contribution in [3.8, 4) is 40.4 Å². The lowest BCUT2D eigenvalue weighted by Gasteiger charge is -2.49. The fourth-order valence-electron chi connectivity index (χ4n) is 9.40. The summed E-state index contributed by atoms with van der Waals surface area (Å²) in [5.41, 5.74) is 3.13. The molecule has 3 heterocycles. The Kier molecular flexibility index (Phi) is 11.8. The number of benzene rings is 3. The van der Waals surface area contributed by atoms with Crippen molar-refractivity contribution in [3.05, 3.63) is 53.1 Å². The number of hydrogen-bond donors (Lipinski definition) is 1. The standard InChI is InChI=1S/C44H52F5N5O3Si/c1-25(2)58(26(3)4,27(5)6)16-14-32-35(45)12-11-28-17-31(57-24-55-10)19-33(36(28)32)37-29(20-50)18-34-39(38(37)46)51-41(56-23-44(47,48)49)52-40(34)54-21-30-13-15-43(22-54,53-30)42(7,8)9/h11-12,17-19,25-27,30,53H,13,15,21-24H2,1-10H3/t30-,43-/m0/s1. The predicted molar refractivity (Wildman–Crippen MR) is 220 cm³/mol. The third-order valence-corrected chi connectivity index (χ3v) is 18.6. The molecule has 8 nitrogen and oxygen atoms in total. The second-order valence-corrected chi connectivity index (χ2v) is 23.2. The van der Waals surface area contributed by atoms with E-state index in [1.807, 2.05) is 4.90 Å². The summed E-state index contributed by atoms with van der Waals surface area (Å²) in [7, 11) is -0.956. The maximum Gasteiger partial charge on any atom is 0.422 e. The van der Waals surface area contributed by atoms with Crippen LogP contribution in [0, 0.1) is 39.8 Å². The SMILES string of the molecule is COCOc1cc(-c2c(C#N)cc3c(N4C[C@@H]5CC[C@@](C(C)(C)C)(C4)N5)nc(OCC(F)(F)F)nc3c2F)c2c(C#C[Si](C(C)C)(C(C)C)C(C)C)c(F)ccc2c1. The Balaban J connectivity index is 1.68. The summed E-state index contributed by atoms with van der Waals surface area (Å²) in [6, 6.07) is 8.98. The Morgan fingerprint density at radius 2 is 1.69 bits per heavy atom. The first-order valence-electron chi connectivity index (χ1n) is 19.7. The minimum absolute atomic E-state index is 0.0364. The number of fused-ring (bicyclic) bond motifs is 4. The summed E-state index contributed by atoms with van der Waals surface area (Å²) >= 11 is 0. The lowest BCUT2D eigenvalue weighted by molar-refractivity contribution is -0.154. The van der Waals surface area contributed by atoms with E-state index in [4.69, 9.17) is 14.2 Å². The summed E-state index contributed by atoms with van der Waals surface area (Å²) in [6.45, 7) is 18.2. The molecule has 310 valence electrons. The van der Waals surface area contributed by atoms with Gasteiger partial charge in [-0.2, -0.15) is 28.4 Å². The fourth-order valence-corrected chi connectivity index (χ4v) is 14.6. The molecule has 4 aromatic rings. The molecule has 0 radical (unpaired) electrons. The fraction of sp³-hybridized carbons (Fsp3) is 0.523. The number of alkyl halides is 3. The Labute approximate surface area is 338 Å². The number of halogens is 5. The lowest BCUT2D eigenvalue weighted by atomic mass is 9.72. The molecule has 1 aromatic heterocycles. The van der Waals surface area contributed by atoms with Crippen LogP contribution in [-0.4, -0.2) is 69.4 Å². The van der Waals surface area contributed by atoms with E-state index in [2.05, 4.69) is 95.1 Å². The molecule has 14 heteroatoms. The predicted octanol–water partition coefficient (Wildman–Crippen LogP) is 10.5. The van der Waals surface area contributed by atoms with Crippen molar-refractivity contribution in [3.63, 3.8) is 0 Å². The van der Waals surface area contributed by atoms with Crippen LogP contribution in [0.25, 0.3) is 32.8 Å². The molecule has 0 spiro atoms. The van der Waals surface area contributed by atoms with Crippen LogP contribution in [0.15, 0.2) is 30.3 Å². The molecular formula is C44H52F5N5O3Si. The third-order valence-electron chi connectivity index (χ3n) is 12.3. The normalized spacial score (nSPS) is 18.6. The number of ether oxygens (including phenoxy) is 3. The van der Waals surface area contributed by atoms with E-state index in [1.165, 1.54) is 31.4 Å². The Morgan fingerprint density at radius 3 is 2.29 bits per heavy atom. The molecule has 58 heavy (non-hydrogen) atoms. The van der Waals surface area contributed by atoms with E-state index in [0.717, 1.165) is 12.8 Å². The van der Waals surface area contributed by atoms with Gasteiger partial charge in [0.25, 0.3) is 0 Å². The molecule has 3 aromatic carbocycles. The molecule has 0 unspecified atom stereocenters. The van der Waals surface area contributed by atoms with Crippen LogP contribution in [0.4, 0.5) is 27.8 Å².